The van der Waals surface area contributed by atoms with Gasteiger partial charge in [0.05, 0.1) is 10.8 Å². The first kappa shape index (κ1) is 19.3. The molecule has 8 nitrogen and oxygen atoms in total. The van der Waals surface area contributed by atoms with Crippen LogP contribution < -0.4 is 9.47 Å². The van der Waals surface area contributed by atoms with Crippen molar-refractivity contribution in [3.8, 4) is 23.0 Å². The lowest BCUT2D eigenvalue weighted by molar-refractivity contribution is 0.174. The molecule has 0 N–H and O–H groups in total. The SMILES string of the molecule is O=S(=O)(c1cccc(Cl)c1)N1CCCC(c2nnc(-c3ccc4c(c3)OCO4)o2)C1. The van der Waals surface area contributed by atoms with Gasteiger partial charge in [0.15, 0.2) is 11.5 Å². The average molecular weight is 448 g/mol. The van der Waals surface area contributed by atoms with Gasteiger partial charge in [0.1, 0.15) is 0 Å². The van der Waals surface area contributed by atoms with Crippen LogP contribution in [0.3, 0.4) is 0 Å². The summed E-state index contributed by atoms with van der Waals surface area (Å²) >= 11 is 5.98. The second-order valence-corrected chi connectivity index (χ2v) is 9.55. The summed E-state index contributed by atoms with van der Waals surface area (Å²) in [6.45, 7) is 0.902. The molecule has 2 aliphatic heterocycles. The lowest BCUT2D eigenvalue weighted by atomic mass is 10.00. The monoisotopic (exact) mass is 447 g/mol. The van der Waals surface area contributed by atoms with E-state index in [2.05, 4.69) is 10.2 Å². The Labute approximate surface area is 178 Å². The van der Waals surface area contributed by atoms with Gasteiger partial charge in [0.25, 0.3) is 0 Å². The average Bonchev–Trinajstić information content (AvgIpc) is 3.43. The predicted octanol–water partition coefficient (Wildman–Crippen LogP) is 3.69. The van der Waals surface area contributed by atoms with Crippen LogP contribution >= 0.6 is 11.6 Å². The van der Waals surface area contributed by atoms with Crippen LogP contribution in [0, 0.1) is 0 Å². The number of rotatable bonds is 4. The fourth-order valence-corrected chi connectivity index (χ4v) is 5.51. The molecule has 3 aromatic rings. The quantitative estimate of drug-likeness (QED) is 0.601. The number of halogens is 1. The summed E-state index contributed by atoms with van der Waals surface area (Å²) in [6.07, 6.45) is 1.47. The Bertz CT molecular complexity index is 1200. The number of piperidine rings is 1. The molecule has 3 heterocycles. The largest absolute Gasteiger partial charge is 0.454 e. The molecule has 0 spiro atoms. The molecule has 30 heavy (non-hydrogen) atoms. The van der Waals surface area contributed by atoms with Crippen LogP contribution in [0.1, 0.15) is 24.7 Å². The van der Waals surface area contributed by atoms with Crippen molar-refractivity contribution < 1.29 is 22.3 Å². The van der Waals surface area contributed by atoms with E-state index in [0.717, 1.165) is 12.0 Å². The normalized spacial score (nSPS) is 19.2. The van der Waals surface area contributed by atoms with Crippen molar-refractivity contribution in [3.63, 3.8) is 0 Å². The second-order valence-electron chi connectivity index (χ2n) is 7.17. The van der Waals surface area contributed by atoms with E-state index in [0.29, 0.717) is 41.3 Å². The van der Waals surface area contributed by atoms with Crippen molar-refractivity contribution in [1.82, 2.24) is 14.5 Å². The molecule has 156 valence electrons. The standard InChI is InChI=1S/C20H18ClN3O5S/c21-15-4-1-5-16(10-15)30(25,26)24-8-2-3-14(11-24)20-23-22-19(29-20)13-6-7-17-18(9-13)28-12-27-17/h1,4-7,9-10,14H,2-3,8,11-12H2. The zero-order valence-electron chi connectivity index (χ0n) is 15.8. The van der Waals surface area contributed by atoms with Crippen LogP contribution in [0.2, 0.25) is 5.02 Å². The summed E-state index contributed by atoms with van der Waals surface area (Å²) < 4.78 is 44.1. The summed E-state index contributed by atoms with van der Waals surface area (Å²) in [5, 5.41) is 8.71. The molecule has 0 aliphatic carbocycles. The van der Waals surface area contributed by atoms with Crippen LogP contribution in [-0.2, 0) is 10.0 Å². The molecular weight excluding hydrogens is 430 g/mol. The first-order valence-corrected chi connectivity index (χ1v) is 11.3. The number of nitrogens with zero attached hydrogens (tertiary/aromatic N) is 3. The van der Waals surface area contributed by atoms with Crippen LogP contribution in [0.4, 0.5) is 0 Å². The van der Waals surface area contributed by atoms with Gasteiger partial charge in [-0.1, -0.05) is 17.7 Å². The summed E-state index contributed by atoms with van der Waals surface area (Å²) in [6, 6.07) is 11.7. The Balaban J connectivity index is 1.37. The van der Waals surface area contributed by atoms with Crippen molar-refractivity contribution in [1.29, 1.82) is 0 Å². The van der Waals surface area contributed by atoms with E-state index in [9.17, 15) is 8.42 Å². The van der Waals surface area contributed by atoms with E-state index in [-0.39, 0.29) is 24.2 Å². The Morgan fingerprint density at radius 3 is 2.80 bits per heavy atom. The third-order valence-electron chi connectivity index (χ3n) is 5.23. The smallest absolute Gasteiger partial charge is 0.247 e. The lowest BCUT2D eigenvalue weighted by Crippen LogP contribution is -2.39. The van der Waals surface area contributed by atoms with Crippen molar-refractivity contribution in [2.75, 3.05) is 19.9 Å². The van der Waals surface area contributed by atoms with Gasteiger partial charge < -0.3 is 13.9 Å². The number of sulfonamides is 1. The van der Waals surface area contributed by atoms with E-state index in [1.165, 1.54) is 10.4 Å². The third-order valence-corrected chi connectivity index (χ3v) is 7.32. The Hall–Kier alpha value is -2.62. The van der Waals surface area contributed by atoms with Gasteiger partial charge in [-0.2, -0.15) is 4.31 Å². The number of hydrogen-bond acceptors (Lipinski definition) is 7. The van der Waals surface area contributed by atoms with Gasteiger partial charge in [0, 0.05) is 23.7 Å². The van der Waals surface area contributed by atoms with Gasteiger partial charge >= 0.3 is 0 Å². The van der Waals surface area contributed by atoms with Crippen LogP contribution in [0.25, 0.3) is 11.5 Å². The molecule has 1 fully saturated rings. The number of hydrogen-bond donors (Lipinski definition) is 0. The summed E-state index contributed by atoms with van der Waals surface area (Å²) in [7, 11) is -3.65. The predicted molar refractivity (Wildman–Crippen MR) is 108 cm³/mol. The number of aromatic nitrogens is 2. The lowest BCUT2D eigenvalue weighted by Gasteiger charge is -2.30. The summed E-state index contributed by atoms with van der Waals surface area (Å²) in [5.74, 6) is 1.91. The van der Waals surface area contributed by atoms with Crippen LogP contribution in [0.15, 0.2) is 51.8 Å². The van der Waals surface area contributed by atoms with Crippen molar-refractivity contribution in [2.24, 2.45) is 0 Å². The fraction of sp³-hybridized carbons (Fsp3) is 0.300. The third kappa shape index (κ3) is 3.53. The molecule has 1 aromatic heterocycles. The van der Waals surface area contributed by atoms with Gasteiger partial charge in [-0.3, -0.25) is 0 Å². The number of ether oxygens (including phenoxy) is 2. The van der Waals surface area contributed by atoms with Crippen molar-refractivity contribution >= 4 is 21.6 Å². The minimum Gasteiger partial charge on any atom is -0.454 e. The molecule has 1 saturated heterocycles. The molecule has 2 aromatic carbocycles. The van der Waals surface area contributed by atoms with Gasteiger partial charge in [-0.05, 0) is 49.2 Å². The van der Waals surface area contributed by atoms with Gasteiger partial charge in [0.2, 0.25) is 28.6 Å². The zero-order chi connectivity index (χ0) is 20.7. The number of benzene rings is 2. The Morgan fingerprint density at radius 1 is 1.07 bits per heavy atom. The molecule has 10 heteroatoms. The Kier molecular flexibility index (Phi) is 4.88. The summed E-state index contributed by atoms with van der Waals surface area (Å²) in [5.41, 5.74) is 0.720. The Morgan fingerprint density at radius 2 is 1.93 bits per heavy atom. The van der Waals surface area contributed by atoms with Crippen LogP contribution in [0.5, 0.6) is 11.5 Å². The number of fused-ring (bicyclic) bond motifs is 1. The van der Waals surface area contributed by atoms with Crippen molar-refractivity contribution in [3.05, 3.63) is 53.4 Å². The van der Waals surface area contributed by atoms with E-state index in [1.807, 2.05) is 6.07 Å². The van der Waals surface area contributed by atoms with E-state index < -0.39 is 10.0 Å². The molecule has 1 unspecified atom stereocenters. The van der Waals surface area contributed by atoms with Gasteiger partial charge in [-0.25, -0.2) is 8.42 Å². The molecule has 2 aliphatic rings. The minimum absolute atomic E-state index is 0.178. The fourth-order valence-electron chi connectivity index (χ4n) is 3.68. The van der Waals surface area contributed by atoms with Crippen molar-refractivity contribution in [2.45, 2.75) is 23.7 Å². The maximum atomic E-state index is 13.0. The highest BCUT2D eigenvalue weighted by molar-refractivity contribution is 7.89. The van der Waals surface area contributed by atoms with E-state index in [1.54, 1.807) is 30.3 Å². The zero-order valence-corrected chi connectivity index (χ0v) is 17.4. The minimum atomic E-state index is -3.65. The molecule has 0 radical (unpaired) electrons. The first-order chi connectivity index (χ1) is 14.5. The maximum Gasteiger partial charge on any atom is 0.247 e. The first-order valence-electron chi connectivity index (χ1n) is 9.50. The highest BCUT2D eigenvalue weighted by Crippen LogP contribution is 2.36. The molecule has 5 rings (SSSR count). The molecule has 1 atom stereocenters. The molecular formula is C20H18ClN3O5S. The summed E-state index contributed by atoms with van der Waals surface area (Å²) in [4.78, 5) is 0.183. The highest BCUT2D eigenvalue weighted by Gasteiger charge is 2.33. The molecule has 0 saturated carbocycles. The van der Waals surface area contributed by atoms with Gasteiger partial charge in [-0.15, -0.1) is 10.2 Å². The maximum absolute atomic E-state index is 13.0. The molecule has 0 bridgehead atoms. The van der Waals surface area contributed by atoms with Crippen LogP contribution in [-0.4, -0.2) is 42.8 Å². The molecule has 0 amide bonds. The highest BCUT2D eigenvalue weighted by atomic mass is 35.5. The second kappa shape index (κ2) is 7.57. The van der Waals surface area contributed by atoms with E-state index >= 15 is 0 Å². The topological polar surface area (TPSA) is 94.8 Å². The van der Waals surface area contributed by atoms with E-state index in [4.69, 9.17) is 25.5 Å².